The lowest BCUT2D eigenvalue weighted by atomic mass is 10.3. The molecule has 0 saturated heterocycles. The van der Waals surface area contributed by atoms with Gasteiger partial charge in [0.1, 0.15) is 0 Å². The lowest BCUT2D eigenvalue weighted by Gasteiger charge is -2.04. The van der Waals surface area contributed by atoms with Crippen molar-refractivity contribution >= 4 is 52.0 Å². The molecule has 1 unspecified atom stereocenters. The summed E-state index contributed by atoms with van der Waals surface area (Å²) in [7, 11) is -13.8. The fraction of sp³-hybridized carbons (Fsp3) is 0.500. The van der Waals surface area contributed by atoms with Crippen molar-refractivity contribution in [2.24, 2.45) is 0 Å². The number of hydrogen-bond acceptors (Lipinski definition) is 8. The number of carbonyl (C=O) groups is 2. The molecule has 0 saturated carbocycles. The number of carboxylic acid groups (broad SMARTS) is 2. The van der Waals surface area contributed by atoms with Gasteiger partial charge in [0.05, 0.1) is 6.42 Å². The van der Waals surface area contributed by atoms with E-state index in [4.69, 9.17) is 23.9 Å². The molecule has 5 N–H and O–H groups in total. The summed E-state index contributed by atoms with van der Waals surface area (Å²) in [5, 5.41) is 13.9. The van der Waals surface area contributed by atoms with Gasteiger partial charge in [-0.05, 0) is 0 Å². The van der Waals surface area contributed by atoms with Gasteiger partial charge < -0.3 is 19.3 Å². The highest BCUT2D eigenvalue weighted by atomic mass is 32.5. The summed E-state index contributed by atoms with van der Waals surface area (Å²) in [6.45, 7) is 0. The van der Waals surface area contributed by atoms with Crippen molar-refractivity contribution in [3.8, 4) is 0 Å². The van der Waals surface area contributed by atoms with Crippen LogP contribution < -0.4 is 0 Å². The first kappa shape index (κ1) is 22.5. The first-order valence-electron chi connectivity index (χ1n) is 4.27. The van der Waals surface area contributed by atoms with Crippen molar-refractivity contribution in [2.75, 3.05) is 0 Å². The molecule has 21 heavy (non-hydrogen) atoms. The SMILES string of the molecule is O=C(O)CC(C(=O)O)S(=O)(=O)O.O=[S](=O)(O)[AlH][S](=O)(=O)O. The first-order valence-corrected chi connectivity index (χ1v) is 12.5. The summed E-state index contributed by atoms with van der Waals surface area (Å²) in [5.74, 6) is -3.50. The van der Waals surface area contributed by atoms with E-state index in [9.17, 15) is 34.8 Å². The molecule has 0 fully saturated rings. The lowest BCUT2D eigenvalue weighted by molar-refractivity contribution is -0.143. The number of hydrogen-bond donors (Lipinski definition) is 5. The third-order valence-corrected chi connectivity index (χ3v) is 10.1. The number of aliphatic carboxylic acids is 2. The molecule has 0 aromatic rings. The van der Waals surface area contributed by atoms with Gasteiger partial charge in [-0.15, -0.1) is 0 Å². The minimum absolute atomic E-state index is 1.16. The molecular formula is C4H9AlO13S3. The Morgan fingerprint density at radius 3 is 1.24 bits per heavy atom. The molecule has 0 aliphatic carbocycles. The monoisotopic (exact) mass is 388 g/mol. The third kappa shape index (κ3) is 15.4. The van der Waals surface area contributed by atoms with E-state index < -0.39 is 63.7 Å². The van der Waals surface area contributed by atoms with Gasteiger partial charge >= 0.3 is 24.9 Å². The summed E-state index contributed by atoms with van der Waals surface area (Å²) >= 11 is -2.86. The zero-order chi connectivity index (χ0) is 17.6. The summed E-state index contributed by atoms with van der Waals surface area (Å²) in [6, 6.07) is 0. The molecule has 0 radical (unpaired) electrons. The maximum Gasteiger partial charge on any atom is 0.693 e. The third-order valence-electron chi connectivity index (χ3n) is 1.29. The quantitative estimate of drug-likeness (QED) is 0.223. The predicted octanol–water partition coefficient (Wildman–Crippen LogP) is -3.17. The predicted molar refractivity (Wildman–Crippen MR) is 65.5 cm³/mol. The Bertz CT molecular complexity index is 654. The van der Waals surface area contributed by atoms with Crippen LogP contribution >= 0.6 is 0 Å². The Balaban J connectivity index is 0. The van der Waals surface area contributed by atoms with Crippen LogP contribution in [0.2, 0.25) is 0 Å². The molecule has 0 rings (SSSR count). The highest BCUT2D eigenvalue weighted by molar-refractivity contribution is 8.39. The highest BCUT2D eigenvalue weighted by Crippen LogP contribution is 2.04. The Kier molecular flexibility index (Phi) is 8.56. The second-order valence-electron chi connectivity index (χ2n) is 3.22. The van der Waals surface area contributed by atoms with E-state index >= 15 is 0 Å². The van der Waals surface area contributed by atoms with E-state index in [-0.39, 0.29) is 0 Å². The lowest BCUT2D eigenvalue weighted by Crippen LogP contribution is -2.31. The van der Waals surface area contributed by atoms with Crippen molar-refractivity contribution < 1.29 is 58.7 Å². The van der Waals surface area contributed by atoms with Crippen molar-refractivity contribution in [3.63, 3.8) is 0 Å². The van der Waals surface area contributed by atoms with Gasteiger partial charge in [-0.1, -0.05) is 0 Å². The average molecular weight is 388 g/mol. The summed E-state index contributed by atoms with van der Waals surface area (Å²) in [6.07, 6.45) is -1.16. The maximum absolute atomic E-state index is 10.2. The fourth-order valence-corrected chi connectivity index (χ4v) is 6.17. The van der Waals surface area contributed by atoms with Crippen molar-refractivity contribution in [3.05, 3.63) is 0 Å². The van der Waals surface area contributed by atoms with Crippen molar-refractivity contribution in [2.45, 2.75) is 11.7 Å². The summed E-state index contributed by atoms with van der Waals surface area (Å²) in [5.41, 5.74) is 0. The van der Waals surface area contributed by atoms with Gasteiger partial charge in [0.15, 0.2) is 22.2 Å². The molecule has 0 bridgehead atoms. The van der Waals surface area contributed by atoms with Crippen LogP contribution in [0.1, 0.15) is 6.42 Å². The van der Waals surface area contributed by atoms with E-state index in [0.717, 1.165) is 0 Å². The van der Waals surface area contributed by atoms with Gasteiger partial charge in [-0.3, -0.25) is 14.1 Å². The average Bonchev–Trinajstić information content (AvgIpc) is 2.05. The highest BCUT2D eigenvalue weighted by Gasteiger charge is 2.33. The molecule has 0 amide bonds. The first-order chi connectivity index (χ1) is 8.96. The van der Waals surface area contributed by atoms with Gasteiger partial charge in [-0.2, -0.15) is 8.42 Å². The molecule has 13 nitrogen and oxygen atoms in total. The maximum atomic E-state index is 10.2. The molecule has 0 aromatic carbocycles. The topological polar surface area (TPSA) is 238 Å². The van der Waals surface area contributed by atoms with Crippen LogP contribution in [-0.4, -0.2) is 79.3 Å². The van der Waals surface area contributed by atoms with Crippen LogP contribution in [0.25, 0.3) is 0 Å². The normalized spacial score (nSPS) is 13.5. The van der Waals surface area contributed by atoms with Crippen molar-refractivity contribution in [1.29, 1.82) is 0 Å². The molecular weight excluding hydrogens is 379 g/mol. The number of rotatable bonds is 6. The van der Waals surface area contributed by atoms with Crippen LogP contribution in [0.3, 0.4) is 0 Å². The van der Waals surface area contributed by atoms with E-state index in [1.165, 1.54) is 0 Å². The zero-order valence-electron chi connectivity index (χ0n) is 9.72. The fourth-order valence-electron chi connectivity index (χ4n) is 0.667. The van der Waals surface area contributed by atoms with Crippen LogP contribution in [0, 0.1) is 0 Å². The second kappa shape index (κ2) is 8.00. The molecule has 17 heteroatoms. The standard InChI is InChI=1S/C4H6O7S.Al.2HO3S.H/c5-3(6)1-2(4(7)8)12(9,10)11;;2*1-4(2)3;/h2H,1H2,(H,5,6)(H,7,8)(H,9,10,11);;2*(H,1,2,3);. The van der Waals surface area contributed by atoms with E-state index in [1.807, 2.05) is 0 Å². The molecule has 0 spiro atoms. The molecule has 0 heterocycles. The number of carboxylic acids is 2. The molecule has 124 valence electrons. The largest absolute Gasteiger partial charge is 0.693 e. The van der Waals surface area contributed by atoms with E-state index in [2.05, 4.69) is 0 Å². The van der Waals surface area contributed by atoms with E-state index in [1.54, 1.807) is 0 Å². The van der Waals surface area contributed by atoms with Crippen LogP contribution in [0.4, 0.5) is 0 Å². The van der Waals surface area contributed by atoms with Gasteiger partial charge in [-0.25, -0.2) is 16.8 Å². The summed E-state index contributed by atoms with van der Waals surface area (Å²) in [4.78, 5) is 20.0. The zero-order valence-corrected chi connectivity index (χ0v) is 13.6. The molecule has 0 aliphatic heterocycles. The Morgan fingerprint density at radius 1 is 0.857 bits per heavy atom. The minimum atomic E-state index is -4.84. The molecule has 1 atom stereocenters. The Hall–Kier alpha value is -0.798. The smallest absolute Gasteiger partial charge is 0.481 e. The van der Waals surface area contributed by atoms with Gasteiger partial charge in [0.2, 0.25) is 0 Å². The van der Waals surface area contributed by atoms with Gasteiger partial charge in [0, 0.05) is 0 Å². The minimum Gasteiger partial charge on any atom is -0.481 e. The van der Waals surface area contributed by atoms with Crippen molar-refractivity contribution in [1.82, 2.24) is 0 Å². The Morgan fingerprint density at radius 2 is 1.19 bits per heavy atom. The molecule has 0 aromatic heterocycles. The van der Waals surface area contributed by atoms with Crippen LogP contribution in [0.5, 0.6) is 0 Å². The van der Waals surface area contributed by atoms with Gasteiger partial charge in [0.25, 0.3) is 10.1 Å². The second-order valence-corrected chi connectivity index (χ2v) is 14.6. The molecule has 0 aliphatic rings. The van der Waals surface area contributed by atoms with Crippen LogP contribution in [0.15, 0.2) is 0 Å². The van der Waals surface area contributed by atoms with Crippen LogP contribution in [-0.2, 0) is 36.7 Å². The summed E-state index contributed by atoms with van der Waals surface area (Å²) < 4.78 is 83.3. The Labute approximate surface area is 122 Å². The van der Waals surface area contributed by atoms with E-state index in [0.29, 0.717) is 0 Å².